The number of aryl methyl sites for hydroxylation is 2. The molecule has 130 valence electrons. The highest BCUT2D eigenvalue weighted by Gasteiger charge is 2.16. The second-order valence-electron chi connectivity index (χ2n) is 5.52. The molecule has 8 nitrogen and oxygen atoms in total. The van der Waals surface area contributed by atoms with Crippen molar-refractivity contribution >= 4 is 22.5 Å². The van der Waals surface area contributed by atoms with Crippen molar-refractivity contribution in [1.82, 2.24) is 14.9 Å². The number of aromatic nitrogens is 3. The van der Waals surface area contributed by atoms with Crippen LogP contribution >= 0.6 is 0 Å². The lowest BCUT2D eigenvalue weighted by molar-refractivity contribution is -0.117. The Morgan fingerprint density at radius 1 is 1.28 bits per heavy atom. The summed E-state index contributed by atoms with van der Waals surface area (Å²) >= 11 is 0. The van der Waals surface area contributed by atoms with Gasteiger partial charge in [0.05, 0.1) is 17.7 Å². The Labute approximate surface area is 143 Å². The lowest BCUT2D eigenvalue weighted by Crippen LogP contribution is -2.30. The fourth-order valence-electron chi connectivity index (χ4n) is 2.59. The number of benzene rings is 1. The predicted molar refractivity (Wildman–Crippen MR) is 91.8 cm³/mol. The van der Waals surface area contributed by atoms with E-state index in [1.807, 2.05) is 6.92 Å². The quantitative estimate of drug-likeness (QED) is 0.762. The minimum Gasteiger partial charge on any atom is -0.494 e. The van der Waals surface area contributed by atoms with Gasteiger partial charge in [-0.3, -0.25) is 9.59 Å². The average Bonchev–Trinajstić information content (AvgIpc) is 2.97. The maximum Gasteiger partial charge on any atom is 0.297 e. The molecular weight excluding hydrogens is 324 g/mol. The maximum atomic E-state index is 12.4. The molecule has 1 N–H and O–H groups in total. The van der Waals surface area contributed by atoms with Crippen molar-refractivity contribution in [3.63, 3.8) is 0 Å². The van der Waals surface area contributed by atoms with Gasteiger partial charge >= 0.3 is 0 Å². The molecule has 0 aliphatic rings. The van der Waals surface area contributed by atoms with Crippen molar-refractivity contribution in [3.8, 4) is 5.75 Å². The van der Waals surface area contributed by atoms with Crippen molar-refractivity contribution in [3.05, 3.63) is 46.1 Å². The molecule has 25 heavy (non-hydrogen) atoms. The van der Waals surface area contributed by atoms with Crippen LogP contribution in [-0.2, 0) is 11.3 Å². The van der Waals surface area contributed by atoms with Gasteiger partial charge in [-0.15, -0.1) is 0 Å². The van der Waals surface area contributed by atoms with E-state index >= 15 is 0 Å². The number of rotatable bonds is 5. The van der Waals surface area contributed by atoms with Crippen LogP contribution < -0.4 is 15.6 Å². The number of carbonyl (C=O) groups excluding carboxylic acids is 1. The summed E-state index contributed by atoms with van der Waals surface area (Å²) in [7, 11) is 0. The summed E-state index contributed by atoms with van der Waals surface area (Å²) < 4.78 is 11.5. The van der Waals surface area contributed by atoms with Crippen LogP contribution in [0.2, 0.25) is 0 Å². The van der Waals surface area contributed by atoms with Crippen LogP contribution in [0.25, 0.3) is 10.9 Å². The highest BCUT2D eigenvalue weighted by Crippen LogP contribution is 2.17. The number of nitrogens with one attached hydrogen (secondary N) is 1. The fraction of sp³-hybridized carbons (Fsp3) is 0.294. The lowest BCUT2D eigenvalue weighted by atomic mass is 10.2. The Kier molecular flexibility index (Phi) is 4.51. The third-order valence-corrected chi connectivity index (χ3v) is 3.67. The summed E-state index contributed by atoms with van der Waals surface area (Å²) in [6.07, 6.45) is 0. The molecule has 3 rings (SSSR count). The van der Waals surface area contributed by atoms with Gasteiger partial charge in [0.2, 0.25) is 5.91 Å². The van der Waals surface area contributed by atoms with Gasteiger partial charge in [0, 0.05) is 5.69 Å². The van der Waals surface area contributed by atoms with Crippen LogP contribution in [0.15, 0.2) is 33.6 Å². The second-order valence-corrected chi connectivity index (χ2v) is 5.52. The van der Waals surface area contributed by atoms with Crippen LogP contribution in [-0.4, -0.2) is 27.5 Å². The Morgan fingerprint density at radius 3 is 2.68 bits per heavy atom. The molecule has 2 aromatic heterocycles. The van der Waals surface area contributed by atoms with E-state index in [0.717, 1.165) is 10.4 Å². The smallest absolute Gasteiger partial charge is 0.297 e. The molecule has 0 fully saturated rings. The molecule has 8 heteroatoms. The monoisotopic (exact) mass is 342 g/mol. The maximum absolute atomic E-state index is 12.4. The molecule has 2 heterocycles. The molecule has 0 aliphatic heterocycles. The SMILES string of the molecule is CCOc1ccc(NC(=O)Cn2nc(C)c3c(C)onc3c2=O)cc1. The van der Waals surface area contributed by atoms with E-state index in [0.29, 0.717) is 29.1 Å². The van der Waals surface area contributed by atoms with Crippen molar-refractivity contribution in [1.29, 1.82) is 0 Å². The molecule has 3 aromatic rings. The second kappa shape index (κ2) is 6.76. The van der Waals surface area contributed by atoms with Crippen molar-refractivity contribution in [2.45, 2.75) is 27.3 Å². The summed E-state index contributed by atoms with van der Waals surface area (Å²) in [5.41, 5.74) is 0.914. The molecule has 1 amide bonds. The van der Waals surface area contributed by atoms with Gasteiger partial charge in [-0.05, 0) is 45.0 Å². The molecule has 0 unspecified atom stereocenters. The number of fused-ring (bicyclic) bond motifs is 1. The van der Waals surface area contributed by atoms with E-state index < -0.39 is 5.56 Å². The summed E-state index contributed by atoms with van der Waals surface area (Å²) in [5.74, 6) is 0.890. The molecule has 0 radical (unpaired) electrons. The number of anilines is 1. The number of amides is 1. The number of hydrogen-bond acceptors (Lipinski definition) is 6. The first-order valence-corrected chi connectivity index (χ1v) is 7.86. The zero-order valence-corrected chi connectivity index (χ0v) is 14.2. The van der Waals surface area contributed by atoms with Gasteiger partial charge in [-0.2, -0.15) is 5.10 Å². The zero-order chi connectivity index (χ0) is 18.0. The molecule has 0 bridgehead atoms. The molecular formula is C17H18N4O4. The van der Waals surface area contributed by atoms with E-state index in [2.05, 4.69) is 15.6 Å². The fourth-order valence-corrected chi connectivity index (χ4v) is 2.59. The van der Waals surface area contributed by atoms with Crippen LogP contribution in [0.3, 0.4) is 0 Å². The standard InChI is InChI=1S/C17H18N4O4/c1-4-24-13-7-5-12(6-8-13)18-14(22)9-21-17(23)16-15(10(2)19-21)11(3)25-20-16/h5-8H,4,9H2,1-3H3,(H,18,22). The number of nitrogens with zero attached hydrogens (tertiary/aromatic N) is 3. The Hall–Kier alpha value is -3.16. The minimum atomic E-state index is -0.459. The van der Waals surface area contributed by atoms with Gasteiger partial charge < -0.3 is 14.6 Å². The minimum absolute atomic E-state index is 0.180. The van der Waals surface area contributed by atoms with E-state index in [-0.39, 0.29) is 18.0 Å². The van der Waals surface area contributed by atoms with Gasteiger partial charge in [0.1, 0.15) is 18.1 Å². The Morgan fingerprint density at radius 2 is 2.00 bits per heavy atom. The van der Waals surface area contributed by atoms with Crippen LogP contribution in [0.5, 0.6) is 5.75 Å². The number of ether oxygens (including phenoxy) is 1. The summed E-state index contributed by atoms with van der Waals surface area (Å²) in [4.78, 5) is 24.6. The average molecular weight is 342 g/mol. The normalized spacial score (nSPS) is 10.8. The van der Waals surface area contributed by atoms with Crippen molar-refractivity contribution < 1.29 is 14.1 Å². The van der Waals surface area contributed by atoms with Crippen LogP contribution in [0.4, 0.5) is 5.69 Å². The summed E-state index contributed by atoms with van der Waals surface area (Å²) in [6, 6.07) is 6.99. The first-order valence-electron chi connectivity index (χ1n) is 7.86. The third-order valence-electron chi connectivity index (χ3n) is 3.67. The Bertz CT molecular complexity index is 973. The van der Waals surface area contributed by atoms with Crippen molar-refractivity contribution in [2.75, 3.05) is 11.9 Å². The third kappa shape index (κ3) is 3.37. The van der Waals surface area contributed by atoms with Gasteiger partial charge in [-0.1, -0.05) is 5.16 Å². The van der Waals surface area contributed by atoms with E-state index in [1.54, 1.807) is 38.1 Å². The number of hydrogen-bond donors (Lipinski definition) is 1. The first-order chi connectivity index (χ1) is 12.0. The molecule has 0 saturated heterocycles. The topological polar surface area (TPSA) is 99.2 Å². The molecule has 0 saturated carbocycles. The zero-order valence-electron chi connectivity index (χ0n) is 14.2. The molecule has 0 aliphatic carbocycles. The van der Waals surface area contributed by atoms with Gasteiger partial charge in [0.25, 0.3) is 5.56 Å². The Balaban J connectivity index is 1.78. The van der Waals surface area contributed by atoms with Crippen LogP contribution in [0.1, 0.15) is 18.4 Å². The number of carbonyl (C=O) groups is 1. The largest absolute Gasteiger partial charge is 0.494 e. The predicted octanol–water partition coefficient (Wildman–Crippen LogP) is 2.04. The van der Waals surface area contributed by atoms with Gasteiger partial charge in [0.15, 0.2) is 5.52 Å². The van der Waals surface area contributed by atoms with Crippen molar-refractivity contribution in [2.24, 2.45) is 0 Å². The van der Waals surface area contributed by atoms with E-state index in [1.165, 1.54) is 0 Å². The van der Waals surface area contributed by atoms with E-state index in [9.17, 15) is 9.59 Å². The summed E-state index contributed by atoms with van der Waals surface area (Å²) in [6.45, 7) is 5.72. The highest BCUT2D eigenvalue weighted by atomic mass is 16.5. The molecule has 0 atom stereocenters. The molecule has 1 aromatic carbocycles. The highest BCUT2D eigenvalue weighted by molar-refractivity contribution is 5.90. The lowest BCUT2D eigenvalue weighted by Gasteiger charge is -2.08. The molecule has 0 spiro atoms. The van der Waals surface area contributed by atoms with Gasteiger partial charge in [-0.25, -0.2) is 4.68 Å². The first kappa shape index (κ1) is 16.7. The van der Waals surface area contributed by atoms with E-state index in [4.69, 9.17) is 9.26 Å². The summed E-state index contributed by atoms with van der Waals surface area (Å²) in [5, 5.41) is 11.3. The van der Waals surface area contributed by atoms with Crippen LogP contribution in [0, 0.1) is 13.8 Å².